The molecule has 3 nitrogen and oxygen atoms in total. The van der Waals surface area contributed by atoms with Gasteiger partial charge in [0.05, 0.1) is 5.52 Å². The number of rotatable bonds is 4. The molecule has 0 radical (unpaired) electrons. The third-order valence-corrected chi connectivity index (χ3v) is 4.61. The van der Waals surface area contributed by atoms with E-state index in [0.29, 0.717) is 11.1 Å². The van der Waals surface area contributed by atoms with Gasteiger partial charge in [-0.3, -0.25) is 4.90 Å². The van der Waals surface area contributed by atoms with Gasteiger partial charge in [-0.1, -0.05) is 29.8 Å². The second kappa shape index (κ2) is 6.73. The molecular formula is C17H21ClN2O. The van der Waals surface area contributed by atoms with Crippen molar-refractivity contribution in [1.29, 1.82) is 0 Å². The van der Waals surface area contributed by atoms with Crippen molar-refractivity contribution in [1.82, 2.24) is 9.88 Å². The second-order valence-corrected chi connectivity index (χ2v) is 6.24. The van der Waals surface area contributed by atoms with Gasteiger partial charge in [0.15, 0.2) is 0 Å². The predicted octanol–water partition coefficient (Wildman–Crippen LogP) is 3.48. The van der Waals surface area contributed by atoms with Crippen molar-refractivity contribution in [2.45, 2.75) is 25.8 Å². The third-order valence-electron chi connectivity index (χ3n) is 4.28. The molecule has 0 saturated carbocycles. The number of fused-ring (bicyclic) bond motifs is 1. The number of nitrogens with zero attached hydrogens (tertiary/aromatic N) is 2. The first-order valence-electron chi connectivity index (χ1n) is 7.63. The Bertz CT molecular complexity index is 615. The molecule has 1 aromatic heterocycles. The van der Waals surface area contributed by atoms with Gasteiger partial charge >= 0.3 is 0 Å². The normalized spacial score (nSPS) is 20.0. The van der Waals surface area contributed by atoms with E-state index in [0.717, 1.165) is 42.5 Å². The zero-order chi connectivity index (χ0) is 14.7. The van der Waals surface area contributed by atoms with Crippen LogP contribution in [0, 0.1) is 5.92 Å². The maximum atomic E-state index is 9.11. The van der Waals surface area contributed by atoms with Crippen molar-refractivity contribution in [2.75, 3.05) is 19.7 Å². The molecule has 2 aromatic rings. The van der Waals surface area contributed by atoms with Gasteiger partial charge in [-0.2, -0.15) is 0 Å². The van der Waals surface area contributed by atoms with Crippen LogP contribution in [-0.4, -0.2) is 34.7 Å². The van der Waals surface area contributed by atoms with Crippen LogP contribution in [0.25, 0.3) is 10.9 Å². The standard InChI is InChI=1S/C17H21ClN2O/c18-17-15(10-14-5-1-2-6-16(14)19-17)12-20-8-3-4-13(11-20)7-9-21/h1-2,5-6,10,13,21H,3-4,7-9,11-12H2. The maximum absolute atomic E-state index is 9.11. The summed E-state index contributed by atoms with van der Waals surface area (Å²) < 4.78 is 0. The van der Waals surface area contributed by atoms with Crippen molar-refractivity contribution < 1.29 is 5.11 Å². The van der Waals surface area contributed by atoms with E-state index in [1.54, 1.807) is 0 Å². The van der Waals surface area contributed by atoms with Gasteiger partial charge in [-0.15, -0.1) is 0 Å². The van der Waals surface area contributed by atoms with E-state index in [-0.39, 0.29) is 6.61 Å². The molecule has 0 spiro atoms. The van der Waals surface area contributed by atoms with Gasteiger partial charge in [0, 0.05) is 30.6 Å². The lowest BCUT2D eigenvalue weighted by Gasteiger charge is -2.32. The summed E-state index contributed by atoms with van der Waals surface area (Å²) in [7, 11) is 0. The van der Waals surface area contributed by atoms with Gasteiger partial charge in [0.25, 0.3) is 0 Å². The lowest BCUT2D eigenvalue weighted by molar-refractivity contribution is 0.142. The van der Waals surface area contributed by atoms with E-state index in [4.69, 9.17) is 16.7 Å². The fraction of sp³-hybridized carbons (Fsp3) is 0.471. The maximum Gasteiger partial charge on any atom is 0.134 e. The monoisotopic (exact) mass is 304 g/mol. The topological polar surface area (TPSA) is 36.4 Å². The van der Waals surface area contributed by atoms with Gasteiger partial charge < -0.3 is 5.11 Å². The molecule has 3 rings (SSSR count). The highest BCUT2D eigenvalue weighted by Gasteiger charge is 2.20. The summed E-state index contributed by atoms with van der Waals surface area (Å²) in [6, 6.07) is 10.2. The molecule has 1 aliphatic heterocycles. The quantitative estimate of drug-likeness (QED) is 0.879. The molecular weight excluding hydrogens is 284 g/mol. The first-order chi connectivity index (χ1) is 10.3. The van der Waals surface area contributed by atoms with Crippen molar-refractivity contribution in [3.05, 3.63) is 41.0 Å². The Morgan fingerprint density at radius 3 is 3.05 bits per heavy atom. The fourth-order valence-electron chi connectivity index (χ4n) is 3.20. The number of piperidine rings is 1. The Labute approximate surface area is 130 Å². The molecule has 0 aliphatic carbocycles. The van der Waals surface area contributed by atoms with Crippen molar-refractivity contribution in [2.24, 2.45) is 5.92 Å². The molecule has 0 amide bonds. The van der Waals surface area contributed by atoms with Crippen LogP contribution in [0.2, 0.25) is 5.15 Å². The zero-order valence-corrected chi connectivity index (χ0v) is 12.9. The molecule has 1 aliphatic rings. The highest BCUT2D eigenvalue weighted by atomic mass is 35.5. The Kier molecular flexibility index (Phi) is 4.73. The first kappa shape index (κ1) is 14.8. The van der Waals surface area contributed by atoms with Crippen molar-refractivity contribution in [3.8, 4) is 0 Å². The molecule has 1 fully saturated rings. The van der Waals surface area contributed by atoms with E-state index >= 15 is 0 Å². The number of hydrogen-bond donors (Lipinski definition) is 1. The molecule has 112 valence electrons. The Morgan fingerprint density at radius 2 is 2.19 bits per heavy atom. The summed E-state index contributed by atoms with van der Waals surface area (Å²) in [5.74, 6) is 0.607. The third kappa shape index (κ3) is 3.54. The van der Waals surface area contributed by atoms with Gasteiger partial charge in [-0.25, -0.2) is 4.98 Å². The Hall–Kier alpha value is -1.16. The van der Waals surface area contributed by atoms with Crippen LogP contribution in [0.1, 0.15) is 24.8 Å². The highest BCUT2D eigenvalue weighted by molar-refractivity contribution is 6.30. The largest absolute Gasteiger partial charge is 0.396 e. The number of aliphatic hydroxyl groups excluding tert-OH is 1. The SMILES string of the molecule is OCCC1CCCN(Cc2cc3ccccc3nc2Cl)C1. The average molecular weight is 305 g/mol. The van der Waals surface area contributed by atoms with Crippen LogP contribution in [0.3, 0.4) is 0 Å². The predicted molar refractivity (Wildman–Crippen MR) is 86.5 cm³/mol. The van der Waals surface area contributed by atoms with E-state index in [9.17, 15) is 0 Å². The molecule has 2 heterocycles. The van der Waals surface area contributed by atoms with Crippen molar-refractivity contribution in [3.63, 3.8) is 0 Å². The number of aromatic nitrogens is 1. The second-order valence-electron chi connectivity index (χ2n) is 5.89. The summed E-state index contributed by atoms with van der Waals surface area (Å²) in [5, 5.41) is 10.9. The zero-order valence-electron chi connectivity index (χ0n) is 12.1. The molecule has 0 bridgehead atoms. The van der Waals surface area contributed by atoms with Gasteiger partial charge in [0.1, 0.15) is 5.15 Å². The van der Waals surface area contributed by atoms with E-state index in [1.807, 2.05) is 18.2 Å². The molecule has 1 saturated heterocycles. The average Bonchev–Trinajstić information content (AvgIpc) is 2.49. The van der Waals surface area contributed by atoms with Crippen LogP contribution in [-0.2, 0) is 6.54 Å². The van der Waals surface area contributed by atoms with E-state index in [2.05, 4.69) is 22.0 Å². The lowest BCUT2D eigenvalue weighted by Crippen LogP contribution is -2.35. The molecule has 1 aromatic carbocycles. The molecule has 1 unspecified atom stereocenters. The van der Waals surface area contributed by atoms with E-state index < -0.39 is 0 Å². The van der Waals surface area contributed by atoms with Crippen LogP contribution in [0.5, 0.6) is 0 Å². The number of pyridine rings is 1. The molecule has 4 heteroatoms. The molecule has 1 N–H and O–H groups in total. The number of aliphatic hydroxyl groups is 1. The van der Waals surface area contributed by atoms with Gasteiger partial charge in [0.2, 0.25) is 0 Å². The number of hydrogen-bond acceptors (Lipinski definition) is 3. The van der Waals surface area contributed by atoms with Crippen LogP contribution >= 0.6 is 11.6 Å². The van der Waals surface area contributed by atoms with Crippen molar-refractivity contribution >= 4 is 22.5 Å². The minimum Gasteiger partial charge on any atom is -0.396 e. The number of likely N-dealkylation sites (tertiary alicyclic amines) is 1. The fourth-order valence-corrected chi connectivity index (χ4v) is 3.41. The molecule has 21 heavy (non-hydrogen) atoms. The Balaban J connectivity index is 1.76. The molecule has 1 atom stereocenters. The first-order valence-corrected chi connectivity index (χ1v) is 8.01. The summed E-state index contributed by atoms with van der Waals surface area (Å²) in [4.78, 5) is 6.93. The summed E-state index contributed by atoms with van der Waals surface area (Å²) in [5.41, 5.74) is 2.04. The lowest BCUT2D eigenvalue weighted by atomic mass is 9.95. The minimum absolute atomic E-state index is 0.288. The summed E-state index contributed by atoms with van der Waals surface area (Å²) in [6.07, 6.45) is 3.32. The Morgan fingerprint density at radius 1 is 1.33 bits per heavy atom. The summed E-state index contributed by atoms with van der Waals surface area (Å²) >= 11 is 6.34. The number of benzene rings is 1. The van der Waals surface area contributed by atoms with Crippen LogP contribution < -0.4 is 0 Å². The van der Waals surface area contributed by atoms with Crippen LogP contribution in [0.15, 0.2) is 30.3 Å². The van der Waals surface area contributed by atoms with Gasteiger partial charge in [-0.05, 0) is 43.9 Å². The number of para-hydroxylation sites is 1. The van der Waals surface area contributed by atoms with Crippen LogP contribution in [0.4, 0.5) is 0 Å². The summed E-state index contributed by atoms with van der Waals surface area (Å²) in [6.45, 7) is 3.28. The highest BCUT2D eigenvalue weighted by Crippen LogP contribution is 2.25. The smallest absolute Gasteiger partial charge is 0.134 e. The minimum atomic E-state index is 0.288. The number of halogens is 1. The van der Waals surface area contributed by atoms with E-state index in [1.165, 1.54) is 12.8 Å².